The van der Waals surface area contributed by atoms with Gasteiger partial charge in [0.2, 0.25) is 0 Å². The Morgan fingerprint density at radius 1 is 0.952 bits per heavy atom. The first-order chi connectivity index (χ1) is 20.3. The second-order valence-electron chi connectivity index (χ2n) is 9.85. The zero-order valence-electron chi connectivity index (χ0n) is 22.0. The highest BCUT2D eigenvalue weighted by molar-refractivity contribution is 8.15. The number of rotatable bonds is 8. The molecule has 6 rings (SSSR count). The molecule has 1 saturated heterocycles. The number of fused-ring (bicyclic) bond motifs is 1. The van der Waals surface area contributed by atoms with Crippen LogP contribution in [0.5, 0.6) is 5.75 Å². The second-order valence-corrected chi connectivity index (χ2v) is 11.9. The SMILES string of the molecule is O=C(O)C1CSC(c2nc3ccc(OCc4c(F)c(F)c(F)c(CN5CCN(c6ccccc6)CC5)c4F)cc3s2)=N1. The van der Waals surface area contributed by atoms with Crippen LogP contribution < -0.4 is 9.64 Å². The molecule has 0 bridgehead atoms. The Hall–Kier alpha value is -3.68. The predicted octanol–water partition coefficient (Wildman–Crippen LogP) is 5.70. The highest BCUT2D eigenvalue weighted by Crippen LogP contribution is 2.33. The Morgan fingerprint density at radius 2 is 1.69 bits per heavy atom. The smallest absolute Gasteiger partial charge is 0.329 e. The number of para-hydroxylation sites is 1. The molecular weight excluding hydrogens is 592 g/mol. The molecule has 1 unspecified atom stereocenters. The number of hydrogen-bond donors (Lipinski definition) is 1. The van der Waals surface area contributed by atoms with Crippen molar-refractivity contribution < 1.29 is 32.2 Å². The van der Waals surface area contributed by atoms with Crippen molar-refractivity contribution in [1.82, 2.24) is 9.88 Å². The number of ether oxygens (including phenoxy) is 1. The molecule has 13 heteroatoms. The molecule has 7 nitrogen and oxygen atoms in total. The van der Waals surface area contributed by atoms with Crippen LogP contribution in [0.1, 0.15) is 16.1 Å². The zero-order chi connectivity index (χ0) is 29.4. The molecule has 0 saturated carbocycles. The highest BCUT2D eigenvalue weighted by atomic mass is 32.2. The first kappa shape index (κ1) is 28.4. The number of aromatic nitrogens is 1. The van der Waals surface area contributed by atoms with Gasteiger partial charge in [0.15, 0.2) is 23.5 Å². The van der Waals surface area contributed by atoms with E-state index in [1.54, 1.807) is 18.2 Å². The Labute approximate surface area is 246 Å². The lowest BCUT2D eigenvalue weighted by Crippen LogP contribution is -2.46. The van der Waals surface area contributed by atoms with Gasteiger partial charge in [-0.3, -0.25) is 9.89 Å². The molecule has 3 heterocycles. The fraction of sp³-hybridized carbons (Fsp3) is 0.276. The quantitative estimate of drug-likeness (QED) is 0.155. The predicted molar refractivity (Wildman–Crippen MR) is 155 cm³/mol. The van der Waals surface area contributed by atoms with E-state index in [1.165, 1.54) is 23.1 Å². The minimum atomic E-state index is -1.73. The number of hydrogen-bond acceptors (Lipinski definition) is 8. The van der Waals surface area contributed by atoms with Gasteiger partial charge in [0.1, 0.15) is 28.2 Å². The number of thiazole rings is 1. The lowest BCUT2D eigenvalue weighted by Gasteiger charge is -2.36. The van der Waals surface area contributed by atoms with Crippen molar-refractivity contribution in [3.8, 4) is 5.75 Å². The Balaban J connectivity index is 1.16. The highest BCUT2D eigenvalue weighted by Gasteiger charge is 2.29. The van der Waals surface area contributed by atoms with E-state index in [2.05, 4.69) is 14.9 Å². The molecule has 2 aliphatic rings. The summed E-state index contributed by atoms with van der Waals surface area (Å²) in [4.78, 5) is 23.8. The van der Waals surface area contributed by atoms with Gasteiger partial charge in [-0.05, 0) is 30.3 Å². The normalized spacial score (nSPS) is 17.6. The van der Waals surface area contributed by atoms with Crippen LogP contribution in [0.4, 0.5) is 23.2 Å². The average molecular weight is 617 g/mol. The van der Waals surface area contributed by atoms with E-state index in [-0.39, 0.29) is 12.3 Å². The van der Waals surface area contributed by atoms with Gasteiger partial charge >= 0.3 is 5.97 Å². The summed E-state index contributed by atoms with van der Waals surface area (Å²) in [6.07, 6.45) is 0. The van der Waals surface area contributed by atoms with Gasteiger partial charge in [-0.25, -0.2) is 27.3 Å². The summed E-state index contributed by atoms with van der Waals surface area (Å²) in [5, 5.41) is 10.3. The number of aliphatic carboxylic acids is 1. The summed E-state index contributed by atoms with van der Waals surface area (Å²) in [6.45, 7) is 1.39. The molecule has 0 radical (unpaired) electrons. The van der Waals surface area contributed by atoms with Crippen LogP contribution in [0.3, 0.4) is 0 Å². The Bertz CT molecular complexity index is 1680. The van der Waals surface area contributed by atoms with Gasteiger partial charge < -0.3 is 14.7 Å². The minimum Gasteiger partial charge on any atom is -0.489 e. The fourth-order valence-electron chi connectivity index (χ4n) is 4.89. The van der Waals surface area contributed by atoms with Gasteiger partial charge in [0, 0.05) is 49.7 Å². The largest absolute Gasteiger partial charge is 0.489 e. The molecule has 0 spiro atoms. The molecule has 0 amide bonds. The average Bonchev–Trinajstić information content (AvgIpc) is 3.67. The molecule has 1 atom stereocenters. The van der Waals surface area contributed by atoms with E-state index < -0.39 is 53.0 Å². The minimum absolute atomic E-state index is 0.204. The first-order valence-electron chi connectivity index (χ1n) is 13.1. The molecule has 42 heavy (non-hydrogen) atoms. The van der Waals surface area contributed by atoms with Crippen molar-refractivity contribution in [2.75, 3.05) is 36.8 Å². The summed E-state index contributed by atoms with van der Waals surface area (Å²) >= 11 is 2.58. The number of thioether (sulfide) groups is 1. The number of anilines is 1. The number of carbonyl (C=O) groups is 1. The number of aliphatic imine (C=N–C) groups is 1. The molecule has 2 aliphatic heterocycles. The van der Waals surface area contributed by atoms with Crippen molar-refractivity contribution >= 4 is 50.0 Å². The van der Waals surface area contributed by atoms with Crippen molar-refractivity contribution in [1.29, 1.82) is 0 Å². The summed E-state index contributed by atoms with van der Waals surface area (Å²) in [6, 6.07) is 13.8. The maximum absolute atomic E-state index is 15.5. The topological polar surface area (TPSA) is 78.3 Å². The van der Waals surface area contributed by atoms with Crippen molar-refractivity contribution in [3.63, 3.8) is 0 Å². The zero-order valence-corrected chi connectivity index (χ0v) is 23.7. The van der Waals surface area contributed by atoms with Crippen LogP contribution in [0.15, 0.2) is 53.5 Å². The van der Waals surface area contributed by atoms with Gasteiger partial charge in [0.05, 0.1) is 15.8 Å². The first-order valence-corrected chi connectivity index (χ1v) is 14.9. The maximum Gasteiger partial charge on any atom is 0.329 e. The van der Waals surface area contributed by atoms with E-state index in [9.17, 15) is 23.1 Å². The van der Waals surface area contributed by atoms with E-state index in [0.717, 1.165) is 5.69 Å². The summed E-state index contributed by atoms with van der Waals surface area (Å²) < 4.78 is 65.8. The number of halogens is 4. The molecule has 4 aromatic rings. The fourth-order valence-corrected chi connectivity index (χ4v) is 6.98. The van der Waals surface area contributed by atoms with Crippen molar-refractivity contribution in [3.05, 3.63) is 87.9 Å². The van der Waals surface area contributed by atoms with Crippen LogP contribution in [-0.4, -0.2) is 64.0 Å². The van der Waals surface area contributed by atoms with Gasteiger partial charge in [-0.2, -0.15) is 0 Å². The molecule has 3 aromatic carbocycles. The summed E-state index contributed by atoms with van der Waals surface area (Å²) in [5.41, 5.74) is 0.447. The number of carboxylic acid groups (broad SMARTS) is 1. The van der Waals surface area contributed by atoms with Crippen molar-refractivity contribution in [2.45, 2.75) is 19.2 Å². The number of piperazine rings is 1. The summed E-state index contributed by atoms with van der Waals surface area (Å²) in [5.74, 6) is -6.47. The molecule has 1 aromatic heterocycles. The van der Waals surface area contributed by atoms with Gasteiger partial charge in [0.25, 0.3) is 0 Å². The summed E-state index contributed by atoms with van der Waals surface area (Å²) in [7, 11) is 0. The third-order valence-electron chi connectivity index (χ3n) is 7.18. The van der Waals surface area contributed by atoms with E-state index in [0.29, 0.717) is 52.2 Å². The second kappa shape index (κ2) is 11.9. The van der Waals surface area contributed by atoms with Crippen LogP contribution >= 0.6 is 23.1 Å². The Kier molecular flexibility index (Phi) is 8.06. The van der Waals surface area contributed by atoms with E-state index in [1.807, 2.05) is 35.2 Å². The lowest BCUT2D eigenvalue weighted by molar-refractivity contribution is -0.137. The van der Waals surface area contributed by atoms with Gasteiger partial charge in [-0.15, -0.1) is 23.1 Å². The number of benzene rings is 3. The molecule has 218 valence electrons. The monoisotopic (exact) mass is 616 g/mol. The maximum atomic E-state index is 15.5. The van der Waals surface area contributed by atoms with E-state index in [4.69, 9.17) is 4.74 Å². The van der Waals surface area contributed by atoms with Crippen molar-refractivity contribution in [2.24, 2.45) is 4.99 Å². The number of carboxylic acids is 1. The number of nitrogens with zero attached hydrogens (tertiary/aromatic N) is 4. The molecule has 1 N–H and O–H groups in total. The van der Waals surface area contributed by atoms with Gasteiger partial charge in [-0.1, -0.05) is 18.2 Å². The third kappa shape index (κ3) is 5.68. The van der Waals surface area contributed by atoms with Crippen LogP contribution in [0.25, 0.3) is 10.2 Å². The third-order valence-corrected chi connectivity index (χ3v) is 9.39. The standard InChI is InChI=1S/C29H24F4N4O3S2/c30-23-18(13-36-8-10-37(11-9-36)16-4-2-1-3-5-16)24(31)26(33)25(32)19(23)14-40-17-6-7-20-22(12-17)42-28(34-20)27-35-21(15-41-27)29(38)39/h1-7,12,21H,8-11,13-15H2,(H,38,39). The van der Waals surface area contributed by atoms with Crippen LogP contribution in [0, 0.1) is 23.3 Å². The Morgan fingerprint density at radius 3 is 2.40 bits per heavy atom. The lowest BCUT2D eigenvalue weighted by atomic mass is 10.1. The molecular formula is C29H24F4N4O3S2. The van der Waals surface area contributed by atoms with Crippen LogP contribution in [0.2, 0.25) is 0 Å². The van der Waals surface area contributed by atoms with Crippen LogP contribution in [-0.2, 0) is 17.9 Å². The molecule has 0 aliphatic carbocycles. The molecule has 1 fully saturated rings. The van der Waals surface area contributed by atoms with E-state index >= 15 is 4.39 Å².